The minimum atomic E-state index is 0.188. The predicted molar refractivity (Wildman–Crippen MR) is 70.5 cm³/mol. The molecule has 0 aliphatic rings. The van der Waals surface area contributed by atoms with E-state index in [0.29, 0.717) is 11.3 Å². The highest BCUT2D eigenvalue weighted by Crippen LogP contribution is 2.38. The summed E-state index contributed by atoms with van der Waals surface area (Å²) in [7, 11) is 1.62. The molecule has 2 aromatic rings. The smallest absolute Gasteiger partial charge is 0.143 e. The van der Waals surface area contributed by atoms with Crippen LogP contribution in [0, 0.1) is 5.41 Å². The van der Waals surface area contributed by atoms with Gasteiger partial charge in [-0.15, -0.1) is 11.3 Å². The number of ether oxygens (including phenoxy) is 1. The number of aromatic hydroxyl groups is 1. The normalized spacial score (nSPS) is 10.2. The third-order valence-electron chi connectivity index (χ3n) is 2.52. The first-order valence-electron chi connectivity index (χ1n) is 5.14. The molecule has 88 valence electrons. The maximum atomic E-state index is 10.0. The summed E-state index contributed by atoms with van der Waals surface area (Å²) in [6.45, 7) is 1.67. The lowest BCUT2D eigenvalue weighted by atomic mass is 10.1. The largest absolute Gasteiger partial charge is 0.506 e. The molecular formula is C13H13NO2S. The van der Waals surface area contributed by atoms with Crippen molar-refractivity contribution in [1.82, 2.24) is 0 Å². The zero-order valence-corrected chi connectivity index (χ0v) is 10.5. The Labute approximate surface area is 104 Å². The van der Waals surface area contributed by atoms with E-state index in [0.717, 1.165) is 16.2 Å². The van der Waals surface area contributed by atoms with Crippen LogP contribution in [0.5, 0.6) is 11.5 Å². The highest BCUT2D eigenvalue weighted by Gasteiger charge is 2.13. The fourth-order valence-electron chi connectivity index (χ4n) is 1.56. The number of rotatable bonds is 3. The second-order valence-corrected chi connectivity index (χ2v) is 4.56. The molecule has 0 aliphatic carbocycles. The number of benzene rings is 1. The van der Waals surface area contributed by atoms with Gasteiger partial charge in [-0.3, -0.25) is 0 Å². The predicted octanol–water partition coefficient (Wildman–Crippen LogP) is 3.52. The number of thiophene rings is 1. The van der Waals surface area contributed by atoms with E-state index in [1.165, 1.54) is 11.3 Å². The third-order valence-corrected chi connectivity index (χ3v) is 3.54. The lowest BCUT2D eigenvalue weighted by Crippen LogP contribution is -1.88. The lowest BCUT2D eigenvalue weighted by Gasteiger charge is -2.02. The summed E-state index contributed by atoms with van der Waals surface area (Å²) >= 11 is 1.44. The van der Waals surface area contributed by atoms with Crippen LogP contribution in [0.4, 0.5) is 0 Å². The first-order chi connectivity index (χ1) is 8.13. The summed E-state index contributed by atoms with van der Waals surface area (Å²) in [6.07, 6.45) is 0. The maximum absolute atomic E-state index is 10.0. The molecule has 0 spiro atoms. The van der Waals surface area contributed by atoms with E-state index in [4.69, 9.17) is 10.1 Å². The van der Waals surface area contributed by atoms with Gasteiger partial charge in [-0.25, -0.2) is 0 Å². The molecule has 0 aliphatic heterocycles. The average Bonchev–Trinajstić information content (AvgIpc) is 2.71. The van der Waals surface area contributed by atoms with E-state index in [-0.39, 0.29) is 5.75 Å². The number of nitrogens with one attached hydrogen (secondary N) is 1. The Hall–Kier alpha value is -1.81. The van der Waals surface area contributed by atoms with Crippen LogP contribution in [0.1, 0.15) is 12.5 Å². The minimum absolute atomic E-state index is 0.188. The van der Waals surface area contributed by atoms with Crippen molar-refractivity contribution in [2.24, 2.45) is 0 Å². The van der Waals surface area contributed by atoms with Gasteiger partial charge >= 0.3 is 0 Å². The van der Waals surface area contributed by atoms with Crippen molar-refractivity contribution < 1.29 is 9.84 Å². The van der Waals surface area contributed by atoms with Gasteiger partial charge in [-0.05, 0) is 36.8 Å². The summed E-state index contributed by atoms with van der Waals surface area (Å²) < 4.78 is 5.09. The van der Waals surface area contributed by atoms with E-state index >= 15 is 0 Å². The molecule has 2 N–H and O–H groups in total. The van der Waals surface area contributed by atoms with Gasteiger partial charge in [-0.2, -0.15) is 0 Å². The molecule has 17 heavy (non-hydrogen) atoms. The van der Waals surface area contributed by atoms with Crippen LogP contribution in [0.15, 0.2) is 29.6 Å². The molecule has 1 aromatic heterocycles. The minimum Gasteiger partial charge on any atom is -0.506 e. The molecule has 0 fully saturated rings. The molecule has 4 heteroatoms. The van der Waals surface area contributed by atoms with Crippen molar-refractivity contribution in [1.29, 1.82) is 5.41 Å². The summed E-state index contributed by atoms with van der Waals surface area (Å²) in [5.41, 5.74) is 1.90. The Morgan fingerprint density at radius 1 is 1.29 bits per heavy atom. The van der Waals surface area contributed by atoms with Crippen LogP contribution in [0.2, 0.25) is 0 Å². The Kier molecular flexibility index (Phi) is 3.15. The molecule has 0 bridgehead atoms. The van der Waals surface area contributed by atoms with Crippen molar-refractivity contribution in [2.75, 3.05) is 7.11 Å². The summed E-state index contributed by atoms with van der Waals surface area (Å²) in [5, 5.41) is 19.4. The number of methoxy groups -OCH3 is 1. The highest BCUT2D eigenvalue weighted by atomic mass is 32.1. The van der Waals surface area contributed by atoms with Gasteiger partial charge in [0.2, 0.25) is 0 Å². The Balaban J connectivity index is 2.42. The van der Waals surface area contributed by atoms with Crippen molar-refractivity contribution >= 4 is 17.0 Å². The van der Waals surface area contributed by atoms with Crippen molar-refractivity contribution in [3.05, 3.63) is 35.2 Å². The SMILES string of the molecule is COc1ccc(-c2scc(C(C)=N)c2O)cc1. The van der Waals surface area contributed by atoms with Gasteiger partial charge in [0, 0.05) is 16.7 Å². The zero-order valence-electron chi connectivity index (χ0n) is 9.65. The Bertz CT molecular complexity index is 543. The number of hydrogen-bond acceptors (Lipinski definition) is 4. The molecule has 0 saturated carbocycles. The van der Waals surface area contributed by atoms with E-state index in [9.17, 15) is 5.11 Å². The molecule has 0 amide bonds. The first kappa shape index (κ1) is 11.7. The lowest BCUT2D eigenvalue weighted by molar-refractivity contribution is 0.415. The summed E-state index contributed by atoms with van der Waals surface area (Å²) in [4.78, 5) is 0.786. The summed E-state index contributed by atoms with van der Waals surface area (Å²) in [6, 6.07) is 7.50. The molecule has 1 heterocycles. The van der Waals surface area contributed by atoms with E-state index in [2.05, 4.69) is 0 Å². The average molecular weight is 247 g/mol. The van der Waals surface area contributed by atoms with E-state index in [1.807, 2.05) is 24.3 Å². The van der Waals surface area contributed by atoms with Gasteiger partial charge in [0.15, 0.2) is 0 Å². The molecular weight excluding hydrogens is 234 g/mol. The molecule has 0 radical (unpaired) electrons. The third kappa shape index (κ3) is 2.17. The van der Waals surface area contributed by atoms with Crippen molar-refractivity contribution in [3.8, 4) is 21.9 Å². The fraction of sp³-hybridized carbons (Fsp3) is 0.154. The first-order valence-corrected chi connectivity index (χ1v) is 6.02. The fourth-order valence-corrected chi connectivity index (χ4v) is 2.58. The van der Waals surface area contributed by atoms with Gasteiger partial charge in [0.1, 0.15) is 11.5 Å². The molecule has 3 nitrogen and oxygen atoms in total. The van der Waals surface area contributed by atoms with Gasteiger partial charge < -0.3 is 15.3 Å². The topological polar surface area (TPSA) is 53.3 Å². The van der Waals surface area contributed by atoms with Crippen LogP contribution < -0.4 is 4.74 Å². The standard InChI is InChI=1S/C13H13NO2S/c1-8(14)11-7-17-13(12(11)15)9-3-5-10(16-2)6-4-9/h3-7,14-15H,1-2H3. The number of hydrogen-bond donors (Lipinski definition) is 2. The Morgan fingerprint density at radius 3 is 2.41 bits per heavy atom. The second-order valence-electron chi connectivity index (χ2n) is 3.68. The van der Waals surface area contributed by atoms with Crippen LogP contribution in [-0.4, -0.2) is 17.9 Å². The monoisotopic (exact) mass is 247 g/mol. The van der Waals surface area contributed by atoms with E-state index < -0.39 is 0 Å². The summed E-state index contributed by atoms with van der Waals surface area (Å²) in [5.74, 6) is 0.973. The second kappa shape index (κ2) is 4.59. The van der Waals surface area contributed by atoms with Gasteiger partial charge in [0.05, 0.1) is 12.0 Å². The van der Waals surface area contributed by atoms with Crippen LogP contribution in [-0.2, 0) is 0 Å². The van der Waals surface area contributed by atoms with Gasteiger partial charge in [0.25, 0.3) is 0 Å². The molecule has 0 saturated heterocycles. The zero-order chi connectivity index (χ0) is 12.4. The van der Waals surface area contributed by atoms with Crippen LogP contribution >= 0.6 is 11.3 Å². The van der Waals surface area contributed by atoms with Crippen LogP contribution in [0.25, 0.3) is 10.4 Å². The highest BCUT2D eigenvalue weighted by molar-refractivity contribution is 7.14. The quantitative estimate of drug-likeness (QED) is 0.815. The molecule has 1 aromatic carbocycles. The van der Waals surface area contributed by atoms with Crippen LogP contribution in [0.3, 0.4) is 0 Å². The molecule has 0 unspecified atom stereocenters. The molecule has 0 atom stereocenters. The van der Waals surface area contributed by atoms with Crippen molar-refractivity contribution in [2.45, 2.75) is 6.92 Å². The van der Waals surface area contributed by atoms with Crippen molar-refractivity contribution in [3.63, 3.8) is 0 Å². The molecule has 2 rings (SSSR count). The Morgan fingerprint density at radius 2 is 1.94 bits per heavy atom. The van der Waals surface area contributed by atoms with E-state index in [1.54, 1.807) is 19.4 Å². The van der Waals surface area contributed by atoms with Gasteiger partial charge in [-0.1, -0.05) is 0 Å². The maximum Gasteiger partial charge on any atom is 0.143 e.